The Balaban J connectivity index is 2.20. The highest BCUT2D eigenvalue weighted by Crippen LogP contribution is 2.22. The van der Waals surface area contributed by atoms with Gasteiger partial charge in [0.05, 0.1) is 6.42 Å². The maximum absolute atomic E-state index is 12.0. The van der Waals surface area contributed by atoms with Crippen molar-refractivity contribution >= 4 is 16.7 Å². The van der Waals surface area contributed by atoms with Crippen molar-refractivity contribution in [2.45, 2.75) is 19.5 Å². The summed E-state index contributed by atoms with van der Waals surface area (Å²) in [5.74, 6) is 0. The SMILES string of the molecule is Cc1cc(=O)oc2cc(NCCC(F)(F)F)ccc12. The summed E-state index contributed by atoms with van der Waals surface area (Å²) in [6.07, 6.45) is -5.10. The number of aryl methyl sites for hydroxylation is 1. The van der Waals surface area contributed by atoms with Crippen LogP contribution in [0.2, 0.25) is 0 Å². The van der Waals surface area contributed by atoms with Crippen LogP contribution in [0.25, 0.3) is 11.0 Å². The molecular weight excluding hydrogens is 259 g/mol. The number of rotatable bonds is 3. The zero-order valence-corrected chi connectivity index (χ0v) is 10.2. The molecule has 0 amide bonds. The summed E-state index contributed by atoms with van der Waals surface area (Å²) in [4.78, 5) is 11.2. The zero-order valence-electron chi connectivity index (χ0n) is 10.2. The van der Waals surface area contributed by atoms with Gasteiger partial charge in [-0.25, -0.2) is 4.79 Å². The van der Waals surface area contributed by atoms with Crippen LogP contribution in [0.5, 0.6) is 0 Å². The van der Waals surface area contributed by atoms with Crippen LogP contribution in [0.4, 0.5) is 18.9 Å². The van der Waals surface area contributed by atoms with Crippen molar-refractivity contribution in [3.05, 3.63) is 40.2 Å². The van der Waals surface area contributed by atoms with E-state index in [0.717, 1.165) is 10.9 Å². The van der Waals surface area contributed by atoms with Crippen LogP contribution in [0.15, 0.2) is 33.5 Å². The molecule has 0 saturated heterocycles. The summed E-state index contributed by atoms with van der Waals surface area (Å²) >= 11 is 0. The van der Waals surface area contributed by atoms with Gasteiger partial charge >= 0.3 is 11.8 Å². The lowest BCUT2D eigenvalue weighted by atomic mass is 10.1. The van der Waals surface area contributed by atoms with Gasteiger partial charge in [0.1, 0.15) is 5.58 Å². The zero-order chi connectivity index (χ0) is 14.0. The summed E-state index contributed by atoms with van der Waals surface area (Å²) in [5.41, 5.74) is 1.15. The van der Waals surface area contributed by atoms with Crippen molar-refractivity contribution in [1.29, 1.82) is 0 Å². The second-order valence-electron chi connectivity index (χ2n) is 4.25. The van der Waals surface area contributed by atoms with Crippen LogP contribution in [-0.2, 0) is 0 Å². The minimum atomic E-state index is -4.19. The lowest BCUT2D eigenvalue weighted by molar-refractivity contribution is -0.131. The molecule has 0 bridgehead atoms. The lowest BCUT2D eigenvalue weighted by Crippen LogP contribution is -2.14. The highest BCUT2D eigenvalue weighted by molar-refractivity contribution is 5.83. The van der Waals surface area contributed by atoms with Crippen LogP contribution in [0.3, 0.4) is 0 Å². The fourth-order valence-electron chi connectivity index (χ4n) is 1.78. The number of alkyl halides is 3. The number of anilines is 1. The maximum atomic E-state index is 12.0. The first-order valence-corrected chi connectivity index (χ1v) is 5.70. The molecule has 6 heteroatoms. The van der Waals surface area contributed by atoms with Crippen LogP contribution < -0.4 is 10.9 Å². The number of hydrogen-bond acceptors (Lipinski definition) is 3. The molecule has 0 unspecified atom stereocenters. The molecule has 1 aromatic heterocycles. The molecule has 0 atom stereocenters. The van der Waals surface area contributed by atoms with Crippen molar-refractivity contribution < 1.29 is 17.6 Å². The monoisotopic (exact) mass is 271 g/mol. The van der Waals surface area contributed by atoms with Crippen molar-refractivity contribution in [2.75, 3.05) is 11.9 Å². The number of benzene rings is 1. The Hall–Kier alpha value is -1.98. The quantitative estimate of drug-likeness (QED) is 0.869. The van der Waals surface area contributed by atoms with Crippen LogP contribution >= 0.6 is 0 Å². The van der Waals surface area contributed by atoms with Crippen molar-refractivity contribution in [2.24, 2.45) is 0 Å². The van der Waals surface area contributed by atoms with Crippen LogP contribution in [0.1, 0.15) is 12.0 Å². The average molecular weight is 271 g/mol. The molecule has 0 saturated carbocycles. The molecule has 19 heavy (non-hydrogen) atoms. The van der Waals surface area contributed by atoms with E-state index in [2.05, 4.69) is 5.32 Å². The predicted molar refractivity (Wildman–Crippen MR) is 66.4 cm³/mol. The van der Waals surface area contributed by atoms with E-state index in [0.29, 0.717) is 11.3 Å². The van der Waals surface area contributed by atoms with E-state index in [9.17, 15) is 18.0 Å². The number of hydrogen-bond donors (Lipinski definition) is 1. The van der Waals surface area contributed by atoms with Gasteiger partial charge in [-0.2, -0.15) is 13.2 Å². The Morgan fingerprint density at radius 3 is 2.68 bits per heavy atom. The highest BCUT2D eigenvalue weighted by atomic mass is 19.4. The summed E-state index contributed by atoms with van der Waals surface area (Å²) in [6.45, 7) is 1.56. The third kappa shape index (κ3) is 3.49. The second-order valence-corrected chi connectivity index (χ2v) is 4.25. The second kappa shape index (κ2) is 4.95. The molecule has 0 aliphatic heterocycles. The fourth-order valence-corrected chi connectivity index (χ4v) is 1.78. The first-order valence-electron chi connectivity index (χ1n) is 5.70. The van der Waals surface area contributed by atoms with Gasteiger partial charge < -0.3 is 9.73 Å². The number of nitrogens with one attached hydrogen (secondary N) is 1. The predicted octanol–water partition coefficient (Wildman–Crippen LogP) is 3.47. The molecule has 0 aliphatic carbocycles. The largest absolute Gasteiger partial charge is 0.423 e. The van der Waals surface area contributed by atoms with Gasteiger partial charge in [0.15, 0.2) is 0 Å². The molecule has 0 radical (unpaired) electrons. The molecule has 1 heterocycles. The Morgan fingerprint density at radius 2 is 2.00 bits per heavy atom. The third-order valence-electron chi connectivity index (χ3n) is 2.69. The van der Waals surface area contributed by atoms with E-state index < -0.39 is 18.2 Å². The molecule has 0 fully saturated rings. The van der Waals surface area contributed by atoms with Crippen molar-refractivity contribution in [1.82, 2.24) is 0 Å². The van der Waals surface area contributed by atoms with Gasteiger partial charge in [0.2, 0.25) is 0 Å². The number of halogens is 3. The minimum absolute atomic E-state index is 0.217. The summed E-state index contributed by atoms with van der Waals surface area (Å²) in [5, 5.41) is 3.42. The molecule has 0 spiro atoms. The first-order chi connectivity index (χ1) is 8.85. The normalized spacial score (nSPS) is 11.8. The summed E-state index contributed by atoms with van der Waals surface area (Å²) in [6, 6.07) is 6.27. The van der Waals surface area contributed by atoms with Crippen molar-refractivity contribution in [3.8, 4) is 0 Å². The fraction of sp³-hybridized carbons (Fsp3) is 0.308. The molecule has 1 N–H and O–H groups in total. The topological polar surface area (TPSA) is 42.2 Å². The van der Waals surface area contributed by atoms with E-state index in [1.165, 1.54) is 12.1 Å². The maximum Gasteiger partial charge on any atom is 0.390 e. The first kappa shape index (κ1) is 13.5. The highest BCUT2D eigenvalue weighted by Gasteiger charge is 2.26. The average Bonchev–Trinajstić information content (AvgIpc) is 2.26. The van der Waals surface area contributed by atoms with E-state index in [-0.39, 0.29) is 6.54 Å². The van der Waals surface area contributed by atoms with Gasteiger partial charge in [0, 0.05) is 29.8 Å². The summed E-state index contributed by atoms with van der Waals surface area (Å²) in [7, 11) is 0. The molecular formula is C13H12F3NO2. The molecule has 0 aliphatic rings. The molecule has 2 rings (SSSR count). The van der Waals surface area contributed by atoms with E-state index >= 15 is 0 Å². The number of fused-ring (bicyclic) bond motifs is 1. The lowest BCUT2D eigenvalue weighted by Gasteiger charge is -2.09. The van der Waals surface area contributed by atoms with Gasteiger partial charge in [-0.15, -0.1) is 0 Å². The van der Waals surface area contributed by atoms with E-state index in [1.807, 2.05) is 0 Å². The van der Waals surface area contributed by atoms with Gasteiger partial charge in [-0.3, -0.25) is 0 Å². The van der Waals surface area contributed by atoms with E-state index in [4.69, 9.17) is 4.42 Å². The van der Waals surface area contributed by atoms with Gasteiger partial charge in [0.25, 0.3) is 0 Å². The van der Waals surface area contributed by atoms with Gasteiger partial charge in [-0.05, 0) is 24.6 Å². The van der Waals surface area contributed by atoms with Crippen LogP contribution in [-0.4, -0.2) is 12.7 Å². The van der Waals surface area contributed by atoms with E-state index in [1.54, 1.807) is 19.1 Å². The standard InChI is InChI=1S/C13H12F3NO2/c1-8-6-12(18)19-11-7-9(2-3-10(8)11)17-5-4-13(14,15)16/h2-3,6-7,17H,4-5H2,1H3. The smallest absolute Gasteiger partial charge is 0.390 e. The molecule has 3 nitrogen and oxygen atoms in total. The Kier molecular flexibility index (Phi) is 3.50. The molecule has 102 valence electrons. The van der Waals surface area contributed by atoms with Gasteiger partial charge in [-0.1, -0.05) is 0 Å². The summed E-state index contributed by atoms with van der Waals surface area (Å²) < 4.78 is 41.1. The minimum Gasteiger partial charge on any atom is -0.423 e. The van der Waals surface area contributed by atoms with Crippen molar-refractivity contribution in [3.63, 3.8) is 0 Å². The Morgan fingerprint density at radius 1 is 1.26 bits per heavy atom. The Bertz CT molecular complexity index is 646. The molecule has 1 aromatic carbocycles. The van der Waals surface area contributed by atoms with Crippen LogP contribution in [0, 0.1) is 6.92 Å². The third-order valence-corrected chi connectivity index (χ3v) is 2.69. The Labute approximate surface area is 107 Å². The molecule has 2 aromatic rings.